The van der Waals surface area contributed by atoms with E-state index in [0.29, 0.717) is 5.92 Å². The molecule has 0 bridgehead atoms. The molecule has 1 fully saturated rings. The van der Waals surface area contributed by atoms with E-state index in [9.17, 15) is 0 Å². The second-order valence-electron chi connectivity index (χ2n) is 7.60. The molecule has 1 unspecified atom stereocenters. The van der Waals surface area contributed by atoms with Crippen LogP contribution in [0, 0.1) is 18.3 Å². The Morgan fingerprint density at radius 2 is 1.78 bits per heavy atom. The van der Waals surface area contributed by atoms with Crippen LogP contribution in [0.2, 0.25) is 0 Å². The number of piperazine rings is 1. The van der Waals surface area contributed by atoms with Gasteiger partial charge >= 0.3 is 0 Å². The molecule has 27 heavy (non-hydrogen) atoms. The van der Waals surface area contributed by atoms with Crippen molar-refractivity contribution >= 4 is 5.69 Å². The first-order valence-corrected chi connectivity index (χ1v) is 10.2. The van der Waals surface area contributed by atoms with E-state index in [2.05, 4.69) is 65.3 Å². The van der Waals surface area contributed by atoms with Crippen LogP contribution in [0.1, 0.15) is 48.8 Å². The summed E-state index contributed by atoms with van der Waals surface area (Å²) in [6.45, 7) is 10.1. The average Bonchev–Trinajstić information content (AvgIpc) is 2.72. The molecule has 1 saturated heterocycles. The largest absolute Gasteiger partial charge is 0.369 e. The molecule has 1 aliphatic rings. The molecule has 1 aliphatic heterocycles. The standard InChI is InChI=1S/C24H31N3/c1-3-21(22-11-12-23(19-25)20(2)18-22)8-7-13-26-14-16-27(17-15-26)24-9-5-4-6-10-24/h4-6,9-12,18,21H,3,7-8,13-17H2,1-2H3. The number of aryl methyl sites for hydroxylation is 1. The van der Waals surface area contributed by atoms with Gasteiger partial charge in [-0.3, -0.25) is 4.90 Å². The number of nitriles is 1. The van der Waals surface area contributed by atoms with E-state index >= 15 is 0 Å². The average molecular weight is 362 g/mol. The highest BCUT2D eigenvalue weighted by Crippen LogP contribution is 2.27. The van der Waals surface area contributed by atoms with Crippen molar-refractivity contribution in [3.8, 4) is 6.07 Å². The van der Waals surface area contributed by atoms with Gasteiger partial charge < -0.3 is 4.90 Å². The van der Waals surface area contributed by atoms with Crippen molar-refractivity contribution in [1.29, 1.82) is 5.26 Å². The van der Waals surface area contributed by atoms with Gasteiger partial charge in [0.2, 0.25) is 0 Å². The molecule has 3 nitrogen and oxygen atoms in total. The van der Waals surface area contributed by atoms with E-state index in [-0.39, 0.29) is 0 Å². The third kappa shape index (κ3) is 5.11. The van der Waals surface area contributed by atoms with Gasteiger partial charge in [-0.25, -0.2) is 0 Å². The summed E-state index contributed by atoms with van der Waals surface area (Å²) in [5.74, 6) is 0.599. The third-order valence-electron chi connectivity index (χ3n) is 5.86. The minimum Gasteiger partial charge on any atom is -0.369 e. The van der Waals surface area contributed by atoms with Gasteiger partial charge in [-0.2, -0.15) is 5.26 Å². The maximum Gasteiger partial charge on any atom is 0.0994 e. The van der Waals surface area contributed by atoms with Crippen molar-refractivity contribution in [2.75, 3.05) is 37.6 Å². The van der Waals surface area contributed by atoms with Crippen molar-refractivity contribution in [3.63, 3.8) is 0 Å². The van der Waals surface area contributed by atoms with E-state index < -0.39 is 0 Å². The summed E-state index contributed by atoms with van der Waals surface area (Å²) in [6, 6.07) is 19.4. The number of benzene rings is 2. The Morgan fingerprint density at radius 1 is 1.04 bits per heavy atom. The van der Waals surface area contributed by atoms with E-state index in [4.69, 9.17) is 5.26 Å². The molecule has 142 valence electrons. The van der Waals surface area contributed by atoms with Crippen LogP contribution < -0.4 is 4.90 Å². The lowest BCUT2D eigenvalue weighted by atomic mass is 9.90. The molecule has 0 saturated carbocycles. The van der Waals surface area contributed by atoms with Gasteiger partial charge in [0.05, 0.1) is 11.6 Å². The molecule has 2 aromatic carbocycles. The predicted molar refractivity (Wildman–Crippen MR) is 113 cm³/mol. The minimum absolute atomic E-state index is 0.599. The highest BCUT2D eigenvalue weighted by Gasteiger charge is 2.17. The molecule has 0 aromatic heterocycles. The van der Waals surface area contributed by atoms with Crippen molar-refractivity contribution in [2.45, 2.75) is 39.0 Å². The summed E-state index contributed by atoms with van der Waals surface area (Å²) in [6.07, 6.45) is 3.62. The smallest absolute Gasteiger partial charge is 0.0994 e. The molecule has 0 amide bonds. The summed E-state index contributed by atoms with van der Waals surface area (Å²) in [5, 5.41) is 9.12. The fourth-order valence-corrected chi connectivity index (χ4v) is 4.10. The van der Waals surface area contributed by atoms with Gasteiger partial charge in [0.25, 0.3) is 0 Å². The second kappa shape index (κ2) is 9.58. The van der Waals surface area contributed by atoms with Gasteiger partial charge in [-0.15, -0.1) is 0 Å². The third-order valence-corrected chi connectivity index (χ3v) is 5.86. The summed E-state index contributed by atoms with van der Waals surface area (Å²) in [5.41, 5.74) is 4.64. The van der Waals surface area contributed by atoms with Gasteiger partial charge in [0.15, 0.2) is 0 Å². The number of rotatable bonds is 7. The highest BCUT2D eigenvalue weighted by atomic mass is 15.3. The number of anilines is 1. The zero-order valence-electron chi connectivity index (χ0n) is 16.7. The molecule has 0 aliphatic carbocycles. The topological polar surface area (TPSA) is 30.3 Å². The molecule has 0 spiro atoms. The second-order valence-corrected chi connectivity index (χ2v) is 7.60. The van der Waals surface area contributed by atoms with Crippen LogP contribution in [0.3, 0.4) is 0 Å². The van der Waals surface area contributed by atoms with Gasteiger partial charge in [-0.05, 0) is 68.0 Å². The maximum absolute atomic E-state index is 9.12. The zero-order chi connectivity index (χ0) is 19.1. The normalized spacial score (nSPS) is 16.1. The number of para-hydroxylation sites is 1. The Morgan fingerprint density at radius 3 is 2.41 bits per heavy atom. The first kappa shape index (κ1) is 19.5. The van der Waals surface area contributed by atoms with Gasteiger partial charge in [0, 0.05) is 31.9 Å². The monoisotopic (exact) mass is 361 g/mol. The van der Waals surface area contributed by atoms with E-state index in [1.165, 1.54) is 30.6 Å². The van der Waals surface area contributed by atoms with Gasteiger partial charge in [-0.1, -0.05) is 37.3 Å². The van der Waals surface area contributed by atoms with Gasteiger partial charge in [0.1, 0.15) is 0 Å². The van der Waals surface area contributed by atoms with Crippen molar-refractivity contribution in [1.82, 2.24) is 4.90 Å². The summed E-state index contributed by atoms with van der Waals surface area (Å²) < 4.78 is 0. The Balaban J connectivity index is 1.45. The van der Waals surface area contributed by atoms with Crippen LogP contribution in [0.15, 0.2) is 48.5 Å². The van der Waals surface area contributed by atoms with E-state index in [1.54, 1.807) is 0 Å². The fraction of sp³-hybridized carbons (Fsp3) is 0.458. The molecule has 2 aromatic rings. The Hall–Kier alpha value is -2.31. The lowest BCUT2D eigenvalue weighted by Crippen LogP contribution is -2.46. The Labute approximate surface area is 164 Å². The van der Waals surface area contributed by atoms with E-state index in [0.717, 1.165) is 43.7 Å². The van der Waals surface area contributed by atoms with Crippen LogP contribution in [-0.4, -0.2) is 37.6 Å². The van der Waals surface area contributed by atoms with Crippen molar-refractivity contribution < 1.29 is 0 Å². The predicted octanol–water partition coefficient (Wildman–Crippen LogP) is 4.96. The summed E-state index contributed by atoms with van der Waals surface area (Å²) in [7, 11) is 0. The first-order valence-electron chi connectivity index (χ1n) is 10.2. The first-order chi connectivity index (χ1) is 13.2. The van der Waals surface area contributed by atoms with Crippen LogP contribution in [0.25, 0.3) is 0 Å². The summed E-state index contributed by atoms with van der Waals surface area (Å²) >= 11 is 0. The van der Waals surface area contributed by atoms with Crippen LogP contribution in [0.4, 0.5) is 5.69 Å². The fourth-order valence-electron chi connectivity index (χ4n) is 4.10. The zero-order valence-corrected chi connectivity index (χ0v) is 16.7. The van der Waals surface area contributed by atoms with Crippen LogP contribution in [0.5, 0.6) is 0 Å². The Bertz CT molecular complexity index is 755. The minimum atomic E-state index is 0.599. The number of nitrogens with zero attached hydrogens (tertiary/aromatic N) is 3. The summed E-state index contributed by atoms with van der Waals surface area (Å²) in [4.78, 5) is 5.10. The van der Waals surface area contributed by atoms with Crippen LogP contribution in [-0.2, 0) is 0 Å². The lowest BCUT2D eigenvalue weighted by molar-refractivity contribution is 0.250. The Kier molecular flexibility index (Phi) is 6.90. The van der Waals surface area contributed by atoms with E-state index in [1.807, 2.05) is 13.0 Å². The highest BCUT2D eigenvalue weighted by molar-refractivity contribution is 5.46. The van der Waals surface area contributed by atoms with Crippen molar-refractivity contribution in [3.05, 3.63) is 65.2 Å². The SMILES string of the molecule is CCC(CCCN1CCN(c2ccccc2)CC1)c1ccc(C#N)c(C)c1. The quantitative estimate of drug-likeness (QED) is 0.698. The molecule has 3 rings (SSSR count). The number of hydrogen-bond donors (Lipinski definition) is 0. The molecule has 0 radical (unpaired) electrons. The molecule has 0 N–H and O–H groups in total. The molecular formula is C24H31N3. The maximum atomic E-state index is 9.12. The molecular weight excluding hydrogens is 330 g/mol. The molecule has 1 atom stereocenters. The number of hydrogen-bond acceptors (Lipinski definition) is 3. The molecule has 1 heterocycles. The van der Waals surface area contributed by atoms with Crippen molar-refractivity contribution in [2.24, 2.45) is 0 Å². The lowest BCUT2D eigenvalue weighted by Gasteiger charge is -2.36. The van der Waals surface area contributed by atoms with Crippen LogP contribution >= 0.6 is 0 Å². The molecule has 3 heteroatoms.